The number of hydrogen-bond donors (Lipinski definition) is 1. The van der Waals surface area contributed by atoms with Crippen LogP contribution in [0.4, 0.5) is 18.9 Å². The zero-order valence-corrected chi connectivity index (χ0v) is 11.5. The quantitative estimate of drug-likeness (QED) is 0.916. The first-order valence-electron chi connectivity index (χ1n) is 5.26. The summed E-state index contributed by atoms with van der Waals surface area (Å²) < 4.78 is 42.2. The average Bonchev–Trinajstić information content (AvgIpc) is 2.76. The highest BCUT2D eigenvalue weighted by atomic mass is 35.5. The topological polar surface area (TPSA) is 54.9 Å². The molecule has 106 valence electrons. The van der Waals surface area contributed by atoms with Gasteiger partial charge < -0.3 is 5.32 Å². The van der Waals surface area contributed by atoms with E-state index in [1.54, 1.807) is 6.92 Å². The molecule has 2 aromatic rings. The van der Waals surface area contributed by atoms with Crippen molar-refractivity contribution in [2.45, 2.75) is 13.1 Å². The van der Waals surface area contributed by atoms with E-state index < -0.39 is 17.6 Å². The third kappa shape index (κ3) is 3.07. The minimum absolute atomic E-state index is 0.0639. The Hall–Kier alpha value is -1.67. The van der Waals surface area contributed by atoms with Gasteiger partial charge in [0.05, 0.1) is 16.9 Å². The van der Waals surface area contributed by atoms with Gasteiger partial charge >= 0.3 is 6.18 Å². The Morgan fingerprint density at radius 3 is 2.65 bits per heavy atom. The molecule has 4 nitrogen and oxygen atoms in total. The van der Waals surface area contributed by atoms with Gasteiger partial charge in [-0.3, -0.25) is 4.79 Å². The zero-order valence-electron chi connectivity index (χ0n) is 9.95. The van der Waals surface area contributed by atoms with E-state index in [0.717, 1.165) is 23.7 Å². The van der Waals surface area contributed by atoms with Gasteiger partial charge in [-0.1, -0.05) is 16.1 Å². The van der Waals surface area contributed by atoms with Crippen molar-refractivity contribution in [1.82, 2.24) is 9.59 Å². The van der Waals surface area contributed by atoms with Gasteiger partial charge in [0.2, 0.25) is 0 Å². The first-order chi connectivity index (χ1) is 9.29. The van der Waals surface area contributed by atoms with E-state index in [0.29, 0.717) is 5.69 Å². The number of aryl methyl sites for hydroxylation is 1. The van der Waals surface area contributed by atoms with Crippen LogP contribution in [0, 0.1) is 6.92 Å². The van der Waals surface area contributed by atoms with E-state index in [9.17, 15) is 18.0 Å². The van der Waals surface area contributed by atoms with Gasteiger partial charge in [0.1, 0.15) is 4.88 Å². The average molecular weight is 322 g/mol. The second-order valence-corrected chi connectivity index (χ2v) is 5.02. The van der Waals surface area contributed by atoms with Crippen LogP contribution < -0.4 is 5.32 Å². The fourth-order valence-electron chi connectivity index (χ4n) is 1.48. The van der Waals surface area contributed by atoms with E-state index in [1.165, 1.54) is 6.07 Å². The molecule has 1 N–H and O–H groups in total. The Labute approximate surface area is 120 Å². The monoisotopic (exact) mass is 321 g/mol. The van der Waals surface area contributed by atoms with Gasteiger partial charge in [0.25, 0.3) is 5.91 Å². The molecule has 0 saturated heterocycles. The number of benzene rings is 1. The van der Waals surface area contributed by atoms with Crippen LogP contribution in [-0.4, -0.2) is 15.5 Å². The van der Waals surface area contributed by atoms with Crippen molar-refractivity contribution in [3.63, 3.8) is 0 Å². The summed E-state index contributed by atoms with van der Waals surface area (Å²) in [6, 6.07) is 3.13. The van der Waals surface area contributed by atoms with Crippen LogP contribution >= 0.6 is 23.1 Å². The van der Waals surface area contributed by atoms with Gasteiger partial charge in [0, 0.05) is 5.02 Å². The van der Waals surface area contributed by atoms with E-state index in [4.69, 9.17) is 11.6 Å². The molecule has 2 rings (SSSR count). The fourth-order valence-corrected chi connectivity index (χ4v) is 2.20. The van der Waals surface area contributed by atoms with E-state index in [1.807, 2.05) is 0 Å². The Bertz CT molecular complexity index is 657. The maximum Gasteiger partial charge on any atom is 0.418 e. The smallest absolute Gasteiger partial charge is 0.321 e. The number of carbonyl (C=O) groups is 1. The number of amides is 1. The molecule has 0 spiro atoms. The molecule has 1 aromatic carbocycles. The van der Waals surface area contributed by atoms with Gasteiger partial charge in [0.15, 0.2) is 0 Å². The second kappa shape index (κ2) is 5.37. The molecule has 1 heterocycles. The highest BCUT2D eigenvalue weighted by Crippen LogP contribution is 2.36. The summed E-state index contributed by atoms with van der Waals surface area (Å²) in [5.41, 5.74) is -1.01. The molecule has 9 heteroatoms. The van der Waals surface area contributed by atoms with Crippen molar-refractivity contribution < 1.29 is 18.0 Å². The van der Waals surface area contributed by atoms with Crippen LogP contribution in [0.3, 0.4) is 0 Å². The molecule has 0 radical (unpaired) electrons. The molecule has 0 aliphatic carbocycles. The van der Waals surface area contributed by atoms with E-state index in [2.05, 4.69) is 14.9 Å². The fraction of sp³-hybridized carbons (Fsp3) is 0.182. The summed E-state index contributed by atoms with van der Waals surface area (Å²) in [6.45, 7) is 1.55. The minimum atomic E-state index is -4.62. The zero-order chi connectivity index (χ0) is 14.9. The lowest BCUT2D eigenvalue weighted by atomic mass is 10.1. The number of alkyl halides is 3. The SMILES string of the molecule is Cc1nnsc1C(=O)Nc1ccc(Cl)cc1C(F)(F)F. The molecule has 0 fully saturated rings. The Kier molecular flexibility index (Phi) is 3.96. The lowest BCUT2D eigenvalue weighted by Gasteiger charge is -2.13. The van der Waals surface area contributed by atoms with E-state index >= 15 is 0 Å². The van der Waals surface area contributed by atoms with Crippen LogP contribution in [0.2, 0.25) is 5.02 Å². The molecule has 0 bridgehead atoms. The van der Waals surface area contributed by atoms with Gasteiger partial charge in [-0.05, 0) is 36.7 Å². The maximum absolute atomic E-state index is 12.9. The van der Waals surface area contributed by atoms with Crippen LogP contribution in [0.15, 0.2) is 18.2 Å². The summed E-state index contributed by atoms with van der Waals surface area (Å²) in [4.78, 5) is 12.0. The van der Waals surface area contributed by atoms with Gasteiger partial charge in [-0.2, -0.15) is 13.2 Å². The summed E-state index contributed by atoms with van der Waals surface area (Å²) in [7, 11) is 0. The minimum Gasteiger partial charge on any atom is -0.321 e. The number of hydrogen-bond acceptors (Lipinski definition) is 4. The van der Waals surface area contributed by atoms with Gasteiger partial charge in [-0.25, -0.2) is 0 Å². The lowest BCUT2D eigenvalue weighted by molar-refractivity contribution is -0.136. The summed E-state index contributed by atoms with van der Waals surface area (Å²) in [5.74, 6) is -0.690. The number of nitrogens with one attached hydrogen (secondary N) is 1. The number of nitrogens with zero attached hydrogens (tertiary/aromatic N) is 2. The Balaban J connectivity index is 2.35. The molecular formula is C11H7ClF3N3OS. The molecule has 0 unspecified atom stereocenters. The van der Waals surface area contributed by atoms with Crippen LogP contribution in [0.25, 0.3) is 0 Å². The molecule has 1 amide bonds. The standard InChI is InChI=1S/C11H7ClF3N3OS/c1-5-9(20-18-17-5)10(19)16-8-3-2-6(12)4-7(8)11(13,14)15/h2-4H,1H3,(H,16,19). The van der Waals surface area contributed by atoms with E-state index in [-0.39, 0.29) is 15.6 Å². The molecular weight excluding hydrogens is 315 g/mol. The summed E-state index contributed by atoms with van der Waals surface area (Å²) in [6.07, 6.45) is -4.62. The number of carbonyl (C=O) groups excluding carboxylic acids is 1. The van der Waals surface area contributed by atoms with Gasteiger partial charge in [-0.15, -0.1) is 5.10 Å². The summed E-state index contributed by atoms with van der Waals surface area (Å²) in [5, 5.41) is 5.77. The number of rotatable bonds is 2. The first kappa shape index (κ1) is 14.7. The molecule has 20 heavy (non-hydrogen) atoms. The van der Waals surface area contributed by atoms with Crippen LogP contribution in [0.5, 0.6) is 0 Å². The predicted octanol–water partition coefficient (Wildman–Crippen LogP) is 3.77. The van der Waals surface area contributed by atoms with Crippen LogP contribution in [-0.2, 0) is 6.18 Å². The third-order valence-corrected chi connectivity index (χ3v) is 3.45. The van der Waals surface area contributed by atoms with Crippen LogP contribution in [0.1, 0.15) is 20.9 Å². The number of halogens is 4. The second-order valence-electron chi connectivity index (χ2n) is 3.83. The van der Waals surface area contributed by atoms with Crippen molar-refractivity contribution >= 4 is 34.7 Å². The molecule has 1 aromatic heterocycles. The van der Waals surface area contributed by atoms with Crippen molar-refractivity contribution in [3.8, 4) is 0 Å². The van der Waals surface area contributed by atoms with Crippen molar-refractivity contribution in [2.75, 3.05) is 5.32 Å². The normalized spacial score (nSPS) is 11.4. The maximum atomic E-state index is 12.9. The molecule has 0 aliphatic heterocycles. The number of anilines is 1. The molecule has 0 atom stereocenters. The highest BCUT2D eigenvalue weighted by molar-refractivity contribution is 7.08. The predicted molar refractivity (Wildman–Crippen MR) is 69.1 cm³/mol. The molecule has 0 saturated carbocycles. The first-order valence-corrected chi connectivity index (χ1v) is 6.41. The third-order valence-electron chi connectivity index (χ3n) is 2.39. The Morgan fingerprint density at radius 2 is 2.10 bits per heavy atom. The van der Waals surface area contributed by atoms with Crippen molar-refractivity contribution in [2.24, 2.45) is 0 Å². The lowest BCUT2D eigenvalue weighted by Crippen LogP contribution is -2.16. The number of aromatic nitrogens is 2. The summed E-state index contributed by atoms with van der Waals surface area (Å²) >= 11 is 6.37. The van der Waals surface area contributed by atoms with Crippen molar-refractivity contribution in [3.05, 3.63) is 39.4 Å². The Morgan fingerprint density at radius 1 is 1.40 bits per heavy atom. The molecule has 0 aliphatic rings. The highest BCUT2D eigenvalue weighted by Gasteiger charge is 2.34. The van der Waals surface area contributed by atoms with Crippen molar-refractivity contribution in [1.29, 1.82) is 0 Å². The largest absolute Gasteiger partial charge is 0.418 e.